The molecule has 4 nitrogen and oxygen atoms in total. The Bertz CT molecular complexity index is 268. The van der Waals surface area contributed by atoms with Gasteiger partial charge in [0.2, 0.25) is 5.91 Å². The molecule has 0 aromatic heterocycles. The lowest BCUT2D eigenvalue weighted by Crippen LogP contribution is -2.48. The van der Waals surface area contributed by atoms with E-state index in [0.29, 0.717) is 5.92 Å². The maximum atomic E-state index is 12.4. The molecular weight excluding hydrogens is 226 g/mol. The molecule has 2 N–H and O–H groups in total. The zero-order valence-corrected chi connectivity index (χ0v) is 12.4. The molecule has 1 saturated carbocycles. The van der Waals surface area contributed by atoms with Crippen molar-refractivity contribution in [3.63, 3.8) is 0 Å². The van der Waals surface area contributed by atoms with Crippen LogP contribution in [-0.4, -0.2) is 56.0 Å². The average Bonchev–Trinajstić information content (AvgIpc) is 2.31. The highest BCUT2D eigenvalue weighted by molar-refractivity contribution is 5.79. The minimum atomic E-state index is 0.0399. The third-order valence-corrected chi connectivity index (χ3v) is 4.09. The van der Waals surface area contributed by atoms with Crippen LogP contribution in [0.4, 0.5) is 0 Å². The Morgan fingerprint density at radius 3 is 2.50 bits per heavy atom. The molecule has 1 rings (SSSR count). The summed E-state index contributed by atoms with van der Waals surface area (Å²) in [6, 6.07) is 0.0440. The summed E-state index contributed by atoms with van der Waals surface area (Å²) in [5.74, 6) is 0.758. The van der Waals surface area contributed by atoms with Crippen molar-refractivity contribution in [2.75, 3.05) is 34.2 Å². The Hall–Kier alpha value is -0.610. The fourth-order valence-electron chi connectivity index (χ4n) is 2.75. The molecule has 1 aliphatic rings. The molecular formula is C14H29N3O. The van der Waals surface area contributed by atoms with Crippen molar-refractivity contribution in [3.8, 4) is 0 Å². The number of carbonyl (C=O) groups is 1. The van der Waals surface area contributed by atoms with E-state index in [1.807, 2.05) is 11.9 Å². The van der Waals surface area contributed by atoms with Crippen molar-refractivity contribution in [1.82, 2.24) is 9.80 Å². The predicted molar refractivity (Wildman–Crippen MR) is 75.3 cm³/mol. The summed E-state index contributed by atoms with van der Waals surface area (Å²) in [5, 5.41) is 0. The number of nitrogens with zero attached hydrogens (tertiary/aromatic N) is 2. The van der Waals surface area contributed by atoms with Gasteiger partial charge in [-0.05, 0) is 45.8 Å². The Balaban J connectivity index is 2.42. The number of rotatable bonds is 5. The van der Waals surface area contributed by atoms with Crippen LogP contribution in [0.15, 0.2) is 0 Å². The number of nitrogens with two attached hydrogens (primary N) is 1. The highest BCUT2D eigenvalue weighted by Gasteiger charge is 2.34. The van der Waals surface area contributed by atoms with Crippen LogP contribution < -0.4 is 5.73 Å². The first kappa shape index (κ1) is 15.4. The molecule has 1 fully saturated rings. The highest BCUT2D eigenvalue weighted by Crippen LogP contribution is 2.28. The van der Waals surface area contributed by atoms with E-state index in [0.717, 1.165) is 38.8 Å². The van der Waals surface area contributed by atoms with Crippen molar-refractivity contribution in [2.24, 2.45) is 17.6 Å². The summed E-state index contributed by atoms with van der Waals surface area (Å²) in [5.41, 5.74) is 6.18. The zero-order chi connectivity index (χ0) is 13.7. The van der Waals surface area contributed by atoms with Gasteiger partial charge in [-0.15, -0.1) is 0 Å². The quantitative estimate of drug-likeness (QED) is 0.802. The number of carbonyl (C=O) groups excluding carboxylic acids is 1. The molecule has 0 saturated heterocycles. The standard InChI is InChI=1S/C14H29N3O/c1-11-7-5-8-12(13(11)15)14(18)17(4)10-6-9-16(2)3/h11-13H,5-10,15H2,1-4H3. The molecule has 0 spiro atoms. The molecule has 0 radical (unpaired) electrons. The van der Waals surface area contributed by atoms with Crippen LogP contribution in [0.5, 0.6) is 0 Å². The average molecular weight is 255 g/mol. The lowest BCUT2D eigenvalue weighted by atomic mass is 9.77. The maximum absolute atomic E-state index is 12.4. The van der Waals surface area contributed by atoms with E-state index in [1.165, 1.54) is 0 Å². The first-order chi connectivity index (χ1) is 8.43. The van der Waals surface area contributed by atoms with E-state index < -0.39 is 0 Å². The fraction of sp³-hybridized carbons (Fsp3) is 0.929. The molecule has 106 valence electrons. The molecule has 3 unspecified atom stereocenters. The molecule has 0 aromatic rings. The van der Waals surface area contributed by atoms with E-state index in [9.17, 15) is 4.79 Å². The van der Waals surface area contributed by atoms with Gasteiger partial charge in [-0.3, -0.25) is 4.79 Å². The molecule has 1 amide bonds. The van der Waals surface area contributed by atoms with Crippen molar-refractivity contribution in [1.29, 1.82) is 0 Å². The molecule has 0 aliphatic heterocycles. The van der Waals surface area contributed by atoms with Crippen LogP contribution >= 0.6 is 0 Å². The molecule has 0 aromatic carbocycles. The summed E-state index contributed by atoms with van der Waals surface area (Å²) in [6.45, 7) is 4.01. The predicted octanol–water partition coefficient (Wildman–Crippen LogP) is 1.16. The van der Waals surface area contributed by atoms with E-state index in [4.69, 9.17) is 5.73 Å². The summed E-state index contributed by atoms with van der Waals surface area (Å²) in [7, 11) is 6.02. The second kappa shape index (κ2) is 7.10. The third kappa shape index (κ3) is 4.25. The van der Waals surface area contributed by atoms with Gasteiger partial charge in [-0.1, -0.05) is 13.3 Å². The van der Waals surface area contributed by atoms with E-state index in [1.54, 1.807) is 0 Å². The molecule has 18 heavy (non-hydrogen) atoms. The van der Waals surface area contributed by atoms with Gasteiger partial charge >= 0.3 is 0 Å². The molecule has 0 bridgehead atoms. The van der Waals surface area contributed by atoms with E-state index in [2.05, 4.69) is 25.9 Å². The van der Waals surface area contributed by atoms with Crippen molar-refractivity contribution < 1.29 is 4.79 Å². The second-order valence-corrected chi connectivity index (χ2v) is 6.01. The maximum Gasteiger partial charge on any atom is 0.226 e. The van der Waals surface area contributed by atoms with Crippen LogP contribution in [0.1, 0.15) is 32.6 Å². The van der Waals surface area contributed by atoms with Gasteiger partial charge in [0.25, 0.3) is 0 Å². The summed E-state index contributed by atoms with van der Waals surface area (Å²) >= 11 is 0. The number of hydrogen-bond acceptors (Lipinski definition) is 3. The first-order valence-electron chi connectivity index (χ1n) is 7.08. The Morgan fingerprint density at radius 1 is 1.22 bits per heavy atom. The van der Waals surface area contributed by atoms with Crippen LogP contribution in [0.2, 0.25) is 0 Å². The Labute approximate surface area is 111 Å². The van der Waals surface area contributed by atoms with Crippen LogP contribution in [-0.2, 0) is 4.79 Å². The van der Waals surface area contributed by atoms with Gasteiger partial charge < -0.3 is 15.5 Å². The molecule has 4 heteroatoms. The van der Waals surface area contributed by atoms with Gasteiger partial charge in [0, 0.05) is 19.6 Å². The highest BCUT2D eigenvalue weighted by atomic mass is 16.2. The lowest BCUT2D eigenvalue weighted by molar-refractivity contribution is -0.136. The minimum Gasteiger partial charge on any atom is -0.345 e. The fourth-order valence-corrected chi connectivity index (χ4v) is 2.75. The van der Waals surface area contributed by atoms with Crippen molar-refractivity contribution in [3.05, 3.63) is 0 Å². The Morgan fingerprint density at radius 2 is 1.89 bits per heavy atom. The monoisotopic (exact) mass is 255 g/mol. The van der Waals surface area contributed by atoms with Crippen LogP contribution in [0.25, 0.3) is 0 Å². The second-order valence-electron chi connectivity index (χ2n) is 6.01. The van der Waals surface area contributed by atoms with E-state index in [-0.39, 0.29) is 17.9 Å². The largest absolute Gasteiger partial charge is 0.345 e. The first-order valence-corrected chi connectivity index (χ1v) is 7.08. The normalized spacial score (nSPS) is 28.4. The van der Waals surface area contributed by atoms with Crippen molar-refractivity contribution >= 4 is 5.91 Å². The van der Waals surface area contributed by atoms with Gasteiger partial charge in [-0.25, -0.2) is 0 Å². The summed E-state index contributed by atoms with van der Waals surface area (Å²) in [4.78, 5) is 16.4. The van der Waals surface area contributed by atoms with Crippen LogP contribution in [0, 0.1) is 11.8 Å². The molecule has 0 heterocycles. The number of hydrogen-bond donors (Lipinski definition) is 1. The summed E-state index contributed by atoms with van der Waals surface area (Å²) in [6.07, 6.45) is 4.28. The van der Waals surface area contributed by atoms with Gasteiger partial charge in [0.15, 0.2) is 0 Å². The Kier molecular flexibility index (Phi) is 6.09. The zero-order valence-electron chi connectivity index (χ0n) is 12.4. The van der Waals surface area contributed by atoms with Gasteiger partial charge in [0.1, 0.15) is 0 Å². The van der Waals surface area contributed by atoms with E-state index >= 15 is 0 Å². The molecule has 1 aliphatic carbocycles. The lowest BCUT2D eigenvalue weighted by Gasteiger charge is -2.35. The van der Waals surface area contributed by atoms with Crippen molar-refractivity contribution in [2.45, 2.75) is 38.6 Å². The number of amides is 1. The van der Waals surface area contributed by atoms with Gasteiger partial charge in [-0.2, -0.15) is 0 Å². The molecule has 3 atom stereocenters. The third-order valence-electron chi connectivity index (χ3n) is 4.09. The minimum absolute atomic E-state index is 0.0399. The SMILES string of the molecule is CC1CCCC(C(=O)N(C)CCCN(C)C)C1N. The van der Waals surface area contributed by atoms with Gasteiger partial charge in [0.05, 0.1) is 5.92 Å². The van der Waals surface area contributed by atoms with Crippen LogP contribution in [0.3, 0.4) is 0 Å². The smallest absolute Gasteiger partial charge is 0.226 e. The topological polar surface area (TPSA) is 49.6 Å². The summed E-state index contributed by atoms with van der Waals surface area (Å²) < 4.78 is 0.